The van der Waals surface area contributed by atoms with Crippen LogP contribution in [0.1, 0.15) is 33.6 Å². The summed E-state index contributed by atoms with van der Waals surface area (Å²) in [5.41, 5.74) is -0.378. The molecule has 1 aromatic rings. The molecule has 0 atom stereocenters. The van der Waals surface area contributed by atoms with E-state index in [1.807, 2.05) is 56.0 Å². The largest absolute Gasteiger partial charge is 0.484 e. The number of para-hydroxylation sites is 1. The Labute approximate surface area is 138 Å². The third kappa shape index (κ3) is 5.27. The van der Waals surface area contributed by atoms with E-state index in [0.29, 0.717) is 18.8 Å². The van der Waals surface area contributed by atoms with Crippen LogP contribution in [-0.2, 0) is 9.59 Å². The Hall–Kier alpha value is -2.04. The summed E-state index contributed by atoms with van der Waals surface area (Å²) in [5.74, 6) is 0.761. The Kier molecular flexibility index (Phi) is 5.64. The summed E-state index contributed by atoms with van der Waals surface area (Å²) in [6.07, 6.45) is 1.58. The second kappa shape index (κ2) is 7.49. The minimum Gasteiger partial charge on any atom is -0.484 e. The molecule has 0 bridgehead atoms. The average Bonchev–Trinajstić information content (AvgIpc) is 2.53. The van der Waals surface area contributed by atoms with Crippen LogP contribution in [0.2, 0.25) is 0 Å². The van der Waals surface area contributed by atoms with E-state index < -0.39 is 0 Å². The van der Waals surface area contributed by atoms with Gasteiger partial charge in [-0.25, -0.2) is 0 Å². The number of benzene rings is 1. The van der Waals surface area contributed by atoms with Gasteiger partial charge >= 0.3 is 0 Å². The molecular formula is C18H26N2O3. The fourth-order valence-corrected chi connectivity index (χ4v) is 2.43. The number of carbonyl (C=O) groups excluding carboxylic acids is 2. The van der Waals surface area contributed by atoms with E-state index >= 15 is 0 Å². The highest BCUT2D eigenvalue weighted by atomic mass is 16.5. The van der Waals surface area contributed by atoms with Crippen molar-refractivity contribution in [2.75, 3.05) is 19.7 Å². The molecule has 126 valence electrons. The van der Waals surface area contributed by atoms with Crippen molar-refractivity contribution < 1.29 is 14.3 Å². The molecule has 1 aliphatic rings. The van der Waals surface area contributed by atoms with Gasteiger partial charge in [0.05, 0.1) is 0 Å². The molecule has 5 nitrogen and oxygen atoms in total. The molecule has 2 rings (SSSR count). The minimum absolute atomic E-state index is 0.00514. The number of rotatable bonds is 4. The van der Waals surface area contributed by atoms with Gasteiger partial charge in [-0.2, -0.15) is 0 Å². The predicted molar refractivity (Wildman–Crippen MR) is 89.1 cm³/mol. The average molecular weight is 318 g/mol. The maximum atomic E-state index is 12.2. The van der Waals surface area contributed by atoms with Crippen LogP contribution in [0.3, 0.4) is 0 Å². The van der Waals surface area contributed by atoms with Crippen molar-refractivity contribution in [2.24, 2.45) is 5.41 Å². The molecule has 1 heterocycles. The quantitative estimate of drug-likeness (QED) is 0.926. The van der Waals surface area contributed by atoms with Crippen LogP contribution in [0.15, 0.2) is 30.3 Å². The Balaban J connectivity index is 1.73. The molecule has 1 saturated heterocycles. The number of hydrogen-bond acceptors (Lipinski definition) is 3. The summed E-state index contributed by atoms with van der Waals surface area (Å²) in [6, 6.07) is 9.49. The first-order valence-electron chi connectivity index (χ1n) is 8.13. The summed E-state index contributed by atoms with van der Waals surface area (Å²) < 4.78 is 5.50. The van der Waals surface area contributed by atoms with Crippen LogP contribution in [0, 0.1) is 5.41 Å². The molecule has 0 spiro atoms. The van der Waals surface area contributed by atoms with Crippen molar-refractivity contribution in [3.05, 3.63) is 30.3 Å². The smallest absolute Gasteiger partial charge is 0.260 e. The van der Waals surface area contributed by atoms with Gasteiger partial charge in [0.25, 0.3) is 5.91 Å². The lowest BCUT2D eigenvalue weighted by Crippen LogP contribution is -2.49. The number of piperidine rings is 1. The first kappa shape index (κ1) is 17.3. The van der Waals surface area contributed by atoms with E-state index in [4.69, 9.17) is 4.74 Å². The van der Waals surface area contributed by atoms with Gasteiger partial charge in [0.15, 0.2) is 6.61 Å². The lowest BCUT2D eigenvalue weighted by molar-refractivity contribution is -0.134. The van der Waals surface area contributed by atoms with Crippen LogP contribution in [0.5, 0.6) is 5.75 Å². The van der Waals surface area contributed by atoms with E-state index in [1.165, 1.54) is 0 Å². The number of nitrogens with one attached hydrogen (secondary N) is 1. The zero-order valence-electron chi connectivity index (χ0n) is 14.2. The molecule has 0 unspecified atom stereocenters. The molecule has 0 aromatic heterocycles. The summed E-state index contributed by atoms with van der Waals surface area (Å²) >= 11 is 0. The number of likely N-dealkylation sites (tertiary alicyclic amines) is 1. The van der Waals surface area contributed by atoms with E-state index in [2.05, 4.69) is 5.32 Å². The van der Waals surface area contributed by atoms with Gasteiger partial charge in [-0.15, -0.1) is 0 Å². The van der Waals surface area contributed by atoms with Crippen molar-refractivity contribution in [2.45, 2.75) is 39.7 Å². The highest BCUT2D eigenvalue weighted by molar-refractivity contribution is 5.81. The molecule has 0 aliphatic carbocycles. The highest BCUT2D eigenvalue weighted by Gasteiger charge is 2.27. The zero-order chi connectivity index (χ0) is 16.9. The summed E-state index contributed by atoms with van der Waals surface area (Å²) in [6.45, 7) is 7.09. The van der Waals surface area contributed by atoms with Crippen LogP contribution < -0.4 is 10.1 Å². The van der Waals surface area contributed by atoms with Crippen LogP contribution in [0.25, 0.3) is 0 Å². The number of amides is 2. The van der Waals surface area contributed by atoms with Gasteiger partial charge < -0.3 is 15.0 Å². The summed E-state index contributed by atoms with van der Waals surface area (Å²) in [7, 11) is 0. The van der Waals surface area contributed by atoms with Crippen molar-refractivity contribution in [1.82, 2.24) is 10.2 Å². The number of carbonyl (C=O) groups is 2. The van der Waals surface area contributed by atoms with Crippen LogP contribution in [-0.4, -0.2) is 42.5 Å². The van der Waals surface area contributed by atoms with E-state index in [1.54, 1.807) is 0 Å². The topological polar surface area (TPSA) is 58.6 Å². The maximum Gasteiger partial charge on any atom is 0.260 e. The molecule has 2 amide bonds. The van der Waals surface area contributed by atoms with Gasteiger partial charge in [0.2, 0.25) is 5.91 Å². The van der Waals surface area contributed by atoms with E-state index in [0.717, 1.165) is 12.8 Å². The Morgan fingerprint density at radius 3 is 2.35 bits per heavy atom. The normalized spacial score (nSPS) is 16.0. The van der Waals surface area contributed by atoms with Crippen molar-refractivity contribution >= 4 is 11.8 Å². The number of hydrogen-bond donors (Lipinski definition) is 1. The first-order chi connectivity index (χ1) is 10.9. The van der Waals surface area contributed by atoms with Gasteiger partial charge in [-0.1, -0.05) is 39.0 Å². The highest BCUT2D eigenvalue weighted by Crippen LogP contribution is 2.17. The lowest BCUT2D eigenvalue weighted by Gasteiger charge is -2.33. The molecular weight excluding hydrogens is 292 g/mol. The number of ether oxygens (including phenoxy) is 1. The monoisotopic (exact) mass is 318 g/mol. The zero-order valence-corrected chi connectivity index (χ0v) is 14.2. The van der Waals surface area contributed by atoms with Crippen molar-refractivity contribution in [3.63, 3.8) is 0 Å². The molecule has 1 aliphatic heterocycles. The SMILES string of the molecule is CC(C)(C)C(=O)NC1CCN(C(=O)COc2ccccc2)CC1. The first-order valence-corrected chi connectivity index (χ1v) is 8.13. The lowest BCUT2D eigenvalue weighted by atomic mass is 9.94. The molecule has 0 radical (unpaired) electrons. The van der Waals surface area contributed by atoms with Gasteiger partial charge in [-0.05, 0) is 25.0 Å². The Bertz CT molecular complexity index is 529. The minimum atomic E-state index is -0.378. The Morgan fingerprint density at radius 2 is 1.78 bits per heavy atom. The van der Waals surface area contributed by atoms with Crippen LogP contribution >= 0.6 is 0 Å². The third-order valence-corrected chi connectivity index (χ3v) is 3.97. The van der Waals surface area contributed by atoms with Crippen molar-refractivity contribution in [3.8, 4) is 5.75 Å². The van der Waals surface area contributed by atoms with Gasteiger partial charge in [-0.3, -0.25) is 9.59 Å². The standard InChI is InChI=1S/C18H26N2O3/c1-18(2,3)17(22)19-14-9-11-20(12-10-14)16(21)13-23-15-7-5-4-6-8-15/h4-8,14H,9-13H2,1-3H3,(H,19,22). The van der Waals surface area contributed by atoms with Crippen LogP contribution in [0.4, 0.5) is 0 Å². The molecule has 23 heavy (non-hydrogen) atoms. The predicted octanol–water partition coefficient (Wildman–Crippen LogP) is 2.22. The van der Waals surface area contributed by atoms with Crippen molar-refractivity contribution in [1.29, 1.82) is 0 Å². The second-order valence-electron chi connectivity index (χ2n) is 6.98. The summed E-state index contributed by atoms with van der Waals surface area (Å²) in [4.78, 5) is 26.0. The summed E-state index contributed by atoms with van der Waals surface area (Å²) in [5, 5.41) is 3.07. The van der Waals surface area contributed by atoms with E-state index in [-0.39, 0.29) is 29.9 Å². The molecule has 1 aromatic carbocycles. The van der Waals surface area contributed by atoms with E-state index in [9.17, 15) is 9.59 Å². The fourth-order valence-electron chi connectivity index (χ4n) is 2.43. The molecule has 1 N–H and O–H groups in total. The van der Waals surface area contributed by atoms with Gasteiger partial charge in [0.1, 0.15) is 5.75 Å². The molecule has 0 saturated carbocycles. The molecule has 5 heteroatoms. The Morgan fingerprint density at radius 1 is 1.17 bits per heavy atom. The third-order valence-electron chi connectivity index (χ3n) is 3.97. The fraction of sp³-hybridized carbons (Fsp3) is 0.556. The maximum absolute atomic E-state index is 12.2. The number of nitrogens with zero attached hydrogens (tertiary/aromatic N) is 1. The second-order valence-corrected chi connectivity index (χ2v) is 6.98. The van der Waals surface area contributed by atoms with Gasteiger partial charge in [0, 0.05) is 24.5 Å². The molecule has 1 fully saturated rings.